The largest absolute Gasteiger partial charge is 0.330 e. The van der Waals surface area contributed by atoms with Crippen LogP contribution in [0.15, 0.2) is 16.3 Å². The lowest BCUT2D eigenvalue weighted by Crippen LogP contribution is -2.15. The number of imidazole rings is 1. The van der Waals surface area contributed by atoms with E-state index in [1.807, 2.05) is 13.3 Å². The quantitative estimate of drug-likeness (QED) is 0.696. The normalized spacial score (nSPS) is 17.2. The Bertz CT molecular complexity index is 745. The Morgan fingerprint density at radius 1 is 1.43 bits per heavy atom. The van der Waals surface area contributed by atoms with Crippen LogP contribution in [0.5, 0.6) is 0 Å². The van der Waals surface area contributed by atoms with E-state index in [1.165, 1.54) is 18.5 Å². The highest BCUT2D eigenvalue weighted by molar-refractivity contribution is 7.98. The molecule has 2 aliphatic carbocycles. The average Bonchev–Trinajstić information content (AvgIpc) is 3.07. The molecule has 1 N–H and O–H groups in total. The van der Waals surface area contributed by atoms with Crippen molar-refractivity contribution in [3.05, 3.63) is 39.3 Å². The molecule has 0 atom stereocenters. The zero-order valence-electron chi connectivity index (χ0n) is 12.1. The first-order chi connectivity index (χ1) is 10.2. The van der Waals surface area contributed by atoms with Crippen molar-refractivity contribution in [3.63, 3.8) is 0 Å². The first-order valence-corrected chi connectivity index (χ1v) is 8.48. The summed E-state index contributed by atoms with van der Waals surface area (Å²) in [7, 11) is 0. The van der Waals surface area contributed by atoms with Crippen molar-refractivity contribution in [1.82, 2.24) is 19.5 Å². The molecule has 4 rings (SSSR count). The molecule has 0 radical (unpaired) electrons. The number of H-pyrrole nitrogens is 1. The second kappa shape index (κ2) is 5.02. The van der Waals surface area contributed by atoms with Crippen LogP contribution in [0.2, 0.25) is 0 Å². The second-order valence-electron chi connectivity index (χ2n) is 5.85. The van der Waals surface area contributed by atoms with E-state index in [9.17, 15) is 4.79 Å². The van der Waals surface area contributed by atoms with Gasteiger partial charge in [0.2, 0.25) is 0 Å². The van der Waals surface area contributed by atoms with Crippen molar-refractivity contribution < 1.29 is 0 Å². The van der Waals surface area contributed by atoms with Gasteiger partial charge in [-0.3, -0.25) is 4.79 Å². The van der Waals surface area contributed by atoms with Crippen LogP contribution in [-0.4, -0.2) is 19.5 Å². The number of aromatic amines is 1. The van der Waals surface area contributed by atoms with Crippen LogP contribution in [0.25, 0.3) is 0 Å². The molecule has 1 fully saturated rings. The molecule has 0 unspecified atom stereocenters. The highest BCUT2D eigenvalue weighted by Gasteiger charge is 2.26. The number of hydrogen-bond donors (Lipinski definition) is 1. The fourth-order valence-corrected chi connectivity index (χ4v) is 3.92. The molecule has 0 spiro atoms. The van der Waals surface area contributed by atoms with Gasteiger partial charge in [0.15, 0.2) is 5.16 Å². The summed E-state index contributed by atoms with van der Waals surface area (Å²) in [5.74, 6) is 0.810. The minimum atomic E-state index is 0.0485. The number of aryl methyl sites for hydroxylation is 2. The van der Waals surface area contributed by atoms with Gasteiger partial charge in [-0.1, -0.05) is 11.8 Å². The van der Waals surface area contributed by atoms with E-state index in [0.717, 1.165) is 47.1 Å². The number of aromatic nitrogens is 4. The third-order valence-electron chi connectivity index (χ3n) is 4.31. The lowest BCUT2D eigenvalue weighted by Gasteiger charge is -2.08. The Morgan fingerprint density at radius 2 is 2.29 bits per heavy atom. The molecule has 2 aromatic heterocycles. The maximum absolute atomic E-state index is 12.0. The Morgan fingerprint density at radius 3 is 3.10 bits per heavy atom. The lowest BCUT2D eigenvalue weighted by atomic mass is 10.3. The summed E-state index contributed by atoms with van der Waals surface area (Å²) in [5.41, 5.74) is 4.27. The van der Waals surface area contributed by atoms with Crippen molar-refractivity contribution >= 4 is 11.8 Å². The monoisotopic (exact) mass is 302 g/mol. The van der Waals surface area contributed by atoms with Crippen molar-refractivity contribution in [1.29, 1.82) is 0 Å². The number of rotatable bonds is 4. The summed E-state index contributed by atoms with van der Waals surface area (Å²) >= 11 is 1.60. The van der Waals surface area contributed by atoms with Gasteiger partial charge < -0.3 is 9.55 Å². The smallest absolute Gasteiger partial charge is 0.254 e. The molecule has 2 aromatic rings. The number of fused-ring (bicyclic) bond motifs is 1. The van der Waals surface area contributed by atoms with Crippen LogP contribution in [0.3, 0.4) is 0 Å². The molecule has 110 valence electrons. The zero-order chi connectivity index (χ0) is 14.4. The third-order valence-corrected chi connectivity index (χ3v) is 5.20. The number of nitrogens with zero attached hydrogens (tertiary/aromatic N) is 3. The van der Waals surface area contributed by atoms with Crippen LogP contribution in [0.1, 0.15) is 47.9 Å². The van der Waals surface area contributed by atoms with Gasteiger partial charge in [0, 0.05) is 17.4 Å². The standard InChI is InChI=1S/C15H18N4OS/c1-9-13(19(8-16-9)10-5-6-10)7-21-15-17-12-4-2-3-11(12)14(20)18-15/h8,10H,2-7H2,1H3,(H,17,18,20). The maximum Gasteiger partial charge on any atom is 0.254 e. The van der Waals surface area contributed by atoms with Crippen LogP contribution in [-0.2, 0) is 18.6 Å². The molecule has 5 nitrogen and oxygen atoms in total. The molecule has 0 aromatic carbocycles. The third kappa shape index (κ3) is 2.41. The SMILES string of the molecule is Cc1ncn(C2CC2)c1CSc1nc2c(c(=O)[nH]1)CCC2. The van der Waals surface area contributed by atoms with Crippen LogP contribution < -0.4 is 5.56 Å². The van der Waals surface area contributed by atoms with Crippen LogP contribution in [0.4, 0.5) is 0 Å². The molecule has 2 aliphatic rings. The molecule has 0 bridgehead atoms. The van der Waals surface area contributed by atoms with Gasteiger partial charge in [-0.15, -0.1) is 0 Å². The molecular weight excluding hydrogens is 284 g/mol. The molecule has 21 heavy (non-hydrogen) atoms. The topological polar surface area (TPSA) is 63.6 Å². The van der Waals surface area contributed by atoms with Gasteiger partial charge in [0.05, 0.1) is 23.4 Å². The van der Waals surface area contributed by atoms with Crippen LogP contribution in [0, 0.1) is 6.92 Å². The first kappa shape index (κ1) is 13.1. The summed E-state index contributed by atoms with van der Waals surface area (Å²) in [6.45, 7) is 2.05. The van der Waals surface area contributed by atoms with E-state index >= 15 is 0 Å². The Kier molecular flexibility index (Phi) is 3.14. The molecule has 0 aliphatic heterocycles. The van der Waals surface area contributed by atoms with Crippen molar-refractivity contribution in [3.8, 4) is 0 Å². The van der Waals surface area contributed by atoms with Crippen molar-refractivity contribution in [2.45, 2.75) is 56.0 Å². The number of hydrogen-bond acceptors (Lipinski definition) is 4. The fraction of sp³-hybridized carbons (Fsp3) is 0.533. The molecule has 0 saturated heterocycles. The van der Waals surface area contributed by atoms with Gasteiger partial charge in [-0.2, -0.15) is 0 Å². The Balaban J connectivity index is 1.56. The summed E-state index contributed by atoms with van der Waals surface area (Å²) in [6.07, 6.45) is 7.31. The molecule has 1 saturated carbocycles. The van der Waals surface area contributed by atoms with E-state index in [4.69, 9.17) is 0 Å². The van der Waals surface area contributed by atoms with Crippen molar-refractivity contribution in [2.75, 3.05) is 0 Å². The van der Waals surface area contributed by atoms with Crippen molar-refractivity contribution in [2.24, 2.45) is 0 Å². The van der Waals surface area contributed by atoms with Gasteiger partial charge in [0.25, 0.3) is 5.56 Å². The first-order valence-electron chi connectivity index (χ1n) is 7.49. The van der Waals surface area contributed by atoms with Gasteiger partial charge in [-0.25, -0.2) is 9.97 Å². The Hall–Kier alpha value is -1.56. The summed E-state index contributed by atoms with van der Waals surface area (Å²) < 4.78 is 2.29. The predicted molar refractivity (Wildman–Crippen MR) is 81.7 cm³/mol. The predicted octanol–water partition coefficient (Wildman–Crippen LogP) is 2.39. The molecular formula is C15H18N4OS. The van der Waals surface area contributed by atoms with Gasteiger partial charge >= 0.3 is 0 Å². The average molecular weight is 302 g/mol. The zero-order valence-corrected chi connectivity index (χ0v) is 12.9. The van der Waals surface area contributed by atoms with E-state index in [-0.39, 0.29) is 5.56 Å². The van der Waals surface area contributed by atoms with E-state index < -0.39 is 0 Å². The Labute approximate surface area is 127 Å². The minimum absolute atomic E-state index is 0.0485. The van der Waals surface area contributed by atoms with Gasteiger partial charge in [-0.05, 0) is 39.0 Å². The van der Waals surface area contributed by atoms with E-state index in [2.05, 4.69) is 19.5 Å². The highest BCUT2D eigenvalue weighted by Crippen LogP contribution is 2.37. The van der Waals surface area contributed by atoms with Crippen LogP contribution >= 0.6 is 11.8 Å². The molecule has 6 heteroatoms. The molecule has 2 heterocycles. The fourth-order valence-electron chi connectivity index (χ4n) is 2.95. The highest BCUT2D eigenvalue weighted by atomic mass is 32.2. The minimum Gasteiger partial charge on any atom is -0.330 e. The van der Waals surface area contributed by atoms with E-state index in [1.54, 1.807) is 11.8 Å². The summed E-state index contributed by atoms with van der Waals surface area (Å²) in [5, 5.41) is 0.739. The lowest BCUT2D eigenvalue weighted by molar-refractivity contribution is 0.712. The van der Waals surface area contributed by atoms with E-state index in [0.29, 0.717) is 6.04 Å². The maximum atomic E-state index is 12.0. The number of thioether (sulfide) groups is 1. The summed E-state index contributed by atoms with van der Waals surface area (Å²) in [6, 6.07) is 0.633. The summed E-state index contributed by atoms with van der Waals surface area (Å²) in [4.78, 5) is 24.0. The van der Waals surface area contributed by atoms with Gasteiger partial charge in [0.1, 0.15) is 0 Å². The molecule has 0 amide bonds. The second-order valence-corrected chi connectivity index (χ2v) is 6.82. The number of nitrogens with one attached hydrogen (secondary N) is 1.